The number of para-hydroxylation sites is 2. The lowest BCUT2D eigenvalue weighted by Gasteiger charge is -2.44. The lowest BCUT2D eigenvalue weighted by Crippen LogP contribution is -2.60. The van der Waals surface area contributed by atoms with Gasteiger partial charge >= 0.3 is 12.2 Å². The van der Waals surface area contributed by atoms with Crippen LogP contribution in [0.25, 0.3) is 0 Å². The second kappa shape index (κ2) is 6.32. The van der Waals surface area contributed by atoms with Crippen LogP contribution < -0.4 is 9.80 Å². The summed E-state index contributed by atoms with van der Waals surface area (Å²) in [7, 11) is 2.69. The van der Waals surface area contributed by atoms with Crippen molar-refractivity contribution in [2.45, 2.75) is 26.1 Å². The van der Waals surface area contributed by atoms with Crippen molar-refractivity contribution < 1.29 is 23.8 Å². The summed E-state index contributed by atoms with van der Waals surface area (Å²) in [4.78, 5) is 28.0. The number of anilines is 2. The van der Waals surface area contributed by atoms with Crippen LogP contribution in [0.1, 0.15) is 13.8 Å². The van der Waals surface area contributed by atoms with Gasteiger partial charge in [-0.25, -0.2) is 14.5 Å². The molecule has 24 heavy (non-hydrogen) atoms. The highest BCUT2D eigenvalue weighted by Gasteiger charge is 2.53. The third-order valence-electron chi connectivity index (χ3n) is 4.74. The molecule has 130 valence electrons. The molecule has 0 spiro atoms. The fraction of sp³-hybridized carbons (Fsp3) is 0.529. The summed E-state index contributed by atoms with van der Waals surface area (Å²) >= 11 is 0. The number of ether oxygens (including phenoxy) is 3. The average molecular weight is 334 g/mol. The number of benzene rings is 1. The van der Waals surface area contributed by atoms with E-state index in [0.717, 1.165) is 0 Å². The van der Waals surface area contributed by atoms with Gasteiger partial charge < -0.3 is 14.2 Å². The van der Waals surface area contributed by atoms with Crippen LogP contribution in [0.4, 0.5) is 21.0 Å². The van der Waals surface area contributed by atoms with Gasteiger partial charge in [-0.05, 0) is 18.1 Å². The van der Waals surface area contributed by atoms with Crippen molar-refractivity contribution in [1.29, 1.82) is 0 Å². The smallest absolute Gasteiger partial charge is 0.416 e. The lowest BCUT2D eigenvalue weighted by molar-refractivity contribution is 0.0850. The summed E-state index contributed by atoms with van der Waals surface area (Å²) in [5.74, 6) is 0.353. The van der Waals surface area contributed by atoms with E-state index in [1.165, 1.54) is 19.1 Å². The minimum atomic E-state index is -0.598. The highest BCUT2D eigenvalue weighted by Crippen LogP contribution is 2.45. The predicted molar refractivity (Wildman–Crippen MR) is 88.1 cm³/mol. The molecule has 1 saturated heterocycles. The Labute approximate surface area is 141 Å². The number of fused-ring (bicyclic) bond motifs is 2. The number of hydrogen-bond acceptors (Lipinski definition) is 5. The third-order valence-corrected chi connectivity index (χ3v) is 4.74. The molecular weight excluding hydrogens is 312 g/mol. The normalized spacial score (nSPS) is 25.3. The number of carbonyl (C=O) groups is 2. The maximum absolute atomic E-state index is 12.5. The highest BCUT2D eigenvalue weighted by molar-refractivity contribution is 6.01. The van der Waals surface area contributed by atoms with Crippen LogP contribution in [-0.4, -0.2) is 45.3 Å². The van der Waals surface area contributed by atoms with Crippen LogP contribution in [0.2, 0.25) is 0 Å². The van der Waals surface area contributed by atoms with E-state index >= 15 is 0 Å². The van der Waals surface area contributed by atoms with Gasteiger partial charge in [0.1, 0.15) is 0 Å². The van der Waals surface area contributed by atoms with Gasteiger partial charge in [0, 0.05) is 5.92 Å². The Balaban J connectivity index is 2.17. The Morgan fingerprint density at radius 3 is 2.17 bits per heavy atom. The Kier molecular flexibility index (Phi) is 4.36. The minimum Gasteiger partial charge on any atom is -0.452 e. The first-order valence-electron chi connectivity index (χ1n) is 7.96. The number of carbonyl (C=O) groups excluding carboxylic acids is 2. The van der Waals surface area contributed by atoms with Crippen molar-refractivity contribution in [3.63, 3.8) is 0 Å². The van der Waals surface area contributed by atoms with Crippen molar-refractivity contribution in [3.05, 3.63) is 24.3 Å². The molecular formula is C17H22N2O5. The molecule has 0 radical (unpaired) electrons. The molecule has 1 fully saturated rings. The second-order valence-electron chi connectivity index (χ2n) is 6.29. The van der Waals surface area contributed by atoms with Gasteiger partial charge in [0.25, 0.3) is 0 Å². The van der Waals surface area contributed by atoms with Crippen molar-refractivity contribution >= 4 is 23.6 Å². The Morgan fingerprint density at radius 2 is 1.62 bits per heavy atom. The van der Waals surface area contributed by atoms with E-state index in [4.69, 9.17) is 14.2 Å². The van der Waals surface area contributed by atoms with Gasteiger partial charge in [-0.15, -0.1) is 0 Å². The zero-order valence-corrected chi connectivity index (χ0v) is 14.3. The minimum absolute atomic E-state index is 0.0783. The highest BCUT2D eigenvalue weighted by atomic mass is 16.6. The SMILES string of the molecule is COC(=O)N1c2ccccc2N(C(=O)OC)[C@@H]2OC[C@H](C(C)C)[C@@H]21. The Hall–Kier alpha value is -2.28. The summed E-state index contributed by atoms with van der Waals surface area (Å²) in [5, 5.41) is 0. The molecule has 1 aromatic rings. The molecule has 7 heteroatoms. The fourth-order valence-corrected chi connectivity index (χ4v) is 3.54. The molecule has 1 aromatic carbocycles. The van der Waals surface area contributed by atoms with Crippen LogP contribution >= 0.6 is 0 Å². The molecule has 0 aliphatic carbocycles. The van der Waals surface area contributed by atoms with Gasteiger partial charge in [-0.2, -0.15) is 0 Å². The molecule has 3 atom stereocenters. The van der Waals surface area contributed by atoms with E-state index in [-0.39, 0.29) is 17.9 Å². The van der Waals surface area contributed by atoms with Crippen LogP contribution in [0.15, 0.2) is 24.3 Å². The number of hydrogen-bond donors (Lipinski definition) is 0. The number of amides is 2. The molecule has 0 aromatic heterocycles. The number of methoxy groups -OCH3 is 2. The van der Waals surface area contributed by atoms with E-state index < -0.39 is 18.4 Å². The first-order valence-corrected chi connectivity index (χ1v) is 7.96. The maximum atomic E-state index is 12.5. The van der Waals surface area contributed by atoms with Crippen LogP contribution in [-0.2, 0) is 14.2 Å². The summed E-state index contributed by atoms with van der Waals surface area (Å²) in [6, 6.07) is 6.87. The van der Waals surface area contributed by atoms with Gasteiger partial charge in [-0.1, -0.05) is 26.0 Å². The monoisotopic (exact) mass is 334 g/mol. The van der Waals surface area contributed by atoms with Crippen molar-refractivity contribution in [2.24, 2.45) is 11.8 Å². The zero-order valence-electron chi connectivity index (χ0n) is 14.3. The quantitative estimate of drug-likeness (QED) is 0.790. The number of rotatable bonds is 1. The molecule has 0 N–H and O–H groups in total. The average Bonchev–Trinajstić information content (AvgIpc) is 3.02. The maximum Gasteiger partial charge on any atom is 0.416 e. The second-order valence-corrected chi connectivity index (χ2v) is 6.29. The summed E-state index contributed by atoms with van der Waals surface area (Å²) in [5.41, 5.74) is 1.19. The first kappa shape index (κ1) is 16.6. The Bertz CT molecular complexity index is 648. The first-order chi connectivity index (χ1) is 11.5. The van der Waals surface area contributed by atoms with Crippen LogP contribution in [0, 0.1) is 11.8 Å². The zero-order chi connectivity index (χ0) is 17.4. The van der Waals surface area contributed by atoms with E-state index in [1.807, 2.05) is 6.07 Å². The summed E-state index contributed by atoms with van der Waals surface area (Å²) < 4.78 is 15.9. The molecule has 7 nitrogen and oxygen atoms in total. The van der Waals surface area contributed by atoms with Crippen molar-refractivity contribution in [3.8, 4) is 0 Å². The third kappa shape index (κ3) is 2.39. The standard InChI is InChI=1S/C17H22N2O5/c1-10(2)11-9-24-15-14(11)18(16(20)22-3)12-7-5-6-8-13(12)19(15)17(21)23-4/h5-8,10-11,14-15H,9H2,1-4H3/t11-,14+,15-/m1/s1. The molecule has 2 amide bonds. The van der Waals surface area contributed by atoms with Crippen molar-refractivity contribution in [2.75, 3.05) is 30.6 Å². The topological polar surface area (TPSA) is 68.3 Å². The number of nitrogens with zero attached hydrogens (tertiary/aromatic N) is 2. The van der Waals surface area contributed by atoms with E-state index in [1.54, 1.807) is 23.1 Å². The lowest BCUT2D eigenvalue weighted by atomic mass is 9.87. The molecule has 2 heterocycles. The van der Waals surface area contributed by atoms with E-state index in [2.05, 4.69) is 13.8 Å². The molecule has 0 unspecified atom stereocenters. The Morgan fingerprint density at radius 1 is 1.08 bits per heavy atom. The summed E-state index contributed by atoms with van der Waals surface area (Å²) in [6.45, 7) is 4.62. The van der Waals surface area contributed by atoms with Crippen LogP contribution in [0.5, 0.6) is 0 Å². The van der Waals surface area contributed by atoms with Crippen molar-refractivity contribution in [1.82, 2.24) is 0 Å². The molecule has 3 rings (SSSR count). The van der Waals surface area contributed by atoms with Gasteiger partial charge in [0.2, 0.25) is 0 Å². The van der Waals surface area contributed by atoms with Gasteiger partial charge in [0.15, 0.2) is 6.23 Å². The van der Waals surface area contributed by atoms with Gasteiger partial charge in [-0.3, -0.25) is 4.90 Å². The molecule has 2 aliphatic heterocycles. The van der Waals surface area contributed by atoms with E-state index in [9.17, 15) is 9.59 Å². The molecule has 0 bridgehead atoms. The van der Waals surface area contributed by atoms with Gasteiger partial charge in [0.05, 0.1) is 38.2 Å². The predicted octanol–water partition coefficient (Wildman–Crippen LogP) is 2.84. The fourth-order valence-electron chi connectivity index (χ4n) is 3.54. The molecule has 0 saturated carbocycles. The van der Waals surface area contributed by atoms with E-state index in [0.29, 0.717) is 18.0 Å². The largest absolute Gasteiger partial charge is 0.452 e. The summed E-state index contributed by atoms with van der Waals surface area (Å²) in [6.07, 6.45) is -1.57. The van der Waals surface area contributed by atoms with Crippen LogP contribution in [0.3, 0.4) is 0 Å². The molecule has 2 aliphatic rings.